The van der Waals surface area contributed by atoms with Gasteiger partial charge in [0.1, 0.15) is 0 Å². The van der Waals surface area contributed by atoms with Gasteiger partial charge in [-0.3, -0.25) is 0 Å². The summed E-state index contributed by atoms with van der Waals surface area (Å²) in [5.41, 5.74) is 4.70. The molecule has 1 atom stereocenters. The molecule has 0 radical (unpaired) electrons. The first-order chi connectivity index (χ1) is 8.08. The van der Waals surface area contributed by atoms with Crippen LogP contribution in [0.2, 0.25) is 5.02 Å². The van der Waals surface area contributed by atoms with Crippen LogP contribution in [0.15, 0.2) is 42.5 Å². The van der Waals surface area contributed by atoms with Crippen molar-refractivity contribution >= 4 is 23.2 Å². The van der Waals surface area contributed by atoms with Crippen molar-refractivity contribution in [2.45, 2.75) is 19.2 Å². The molecule has 0 fully saturated rings. The van der Waals surface area contributed by atoms with Crippen LogP contribution in [-0.2, 0) is 0 Å². The summed E-state index contributed by atoms with van der Waals surface area (Å²) in [4.78, 5) is 0. The quantitative estimate of drug-likeness (QED) is 0.647. The lowest BCUT2D eigenvalue weighted by molar-refractivity contribution is 1.10. The summed E-state index contributed by atoms with van der Waals surface area (Å²) in [6.07, 6.45) is 0. The van der Waals surface area contributed by atoms with Gasteiger partial charge >= 0.3 is 0 Å². The first-order valence-corrected chi connectivity index (χ1v) is 6.36. The van der Waals surface area contributed by atoms with E-state index in [1.54, 1.807) is 0 Å². The Morgan fingerprint density at radius 2 is 1.59 bits per heavy atom. The highest BCUT2D eigenvalue weighted by atomic mass is 35.5. The summed E-state index contributed by atoms with van der Waals surface area (Å²) in [5, 5.41) is 0.617. The third-order valence-electron chi connectivity index (χ3n) is 2.86. The van der Waals surface area contributed by atoms with Crippen molar-refractivity contribution in [3.8, 4) is 0 Å². The van der Waals surface area contributed by atoms with Gasteiger partial charge in [-0.25, -0.2) is 0 Å². The molecule has 0 N–H and O–H groups in total. The van der Waals surface area contributed by atoms with Crippen molar-refractivity contribution in [3.63, 3.8) is 0 Å². The molecule has 17 heavy (non-hydrogen) atoms. The summed E-state index contributed by atoms with van der Waals surface area (Å²) in [7, 11) is 0. The normalized spacial score (nSPS) is 12.5. The van der Waals surface area contributed by atoms with Gasteiger partial charge in [0.15, 0.2) is 0 Å². The number of alkyl halides is 1. The molecule has 0 amide bonds. The largest absolute Gasteiger partial charge is 0.113 e. The number of benzene rings is 2. The lowest BCUT2D eigenvalue weighted by Gasteiger charge is -2.14. The highest BCUT2D eigenvalue weighted by Gasteiger charge is 2.12. The molecule has 2 heteroatoms. The number of aryl methyl sites for hydroxylation is 2. The van der Waals surface area contributed by atoms with E-state index in [0.717, 1.165) is 16.1 Å². The number of hydrogen-bond acceptors (Lipinski definition) is 0. The zero-order valence-corrected chi connectivity index (χ0v) is 11.4. The first-order valence-electron chi connectivity index (χ1n) is 5.54. The van der Waals surface area contributed by atoms with Crippen molar-refractivity contribution in [1.29, 1.82) is 0 Å². The molecule has 0 heterocycles. The van der Waals surface area contributed by atoms with Crippen LogP contribution in [0.3, 0.4) is 0 Å². The topological polar surface area (TPSA) is 0 Å². The average Bonchev–Trinajstić information content (AvgIpc) is 2.29. The average molecular weight is 265 g/mol. The molecule has 0 spiro atoms. The summed E-state index contributed by atoms with van der Waals surface area (Å²) in [5.74, 6) is 0. The van der Waals surface area contributed by atoms with Crippen LogP contribution >= 0.6 is 23.2 Å². The Balaban J connectivity index is 2.36. The fourth-order valence-electron chi connectivity index (χ4n) is 1.92. The summed E-state index contributed by atoms with van der Waals surface area (Å²) in [6, 6.07) is 14.0. The minimum Gasteiger partial charge on any atom is -0.113 e. The van der Waals surface area contributed by atoms with Crippen molar-refractivity contribution < 1.29 is 0 Å². The molecule has 0 aromatic heterocycles. The molecule has 88 valence electrons. The smallest absolute Gasteiger partial charge is 0.0838 e. The van der Waals surface area contributed by atoms with Gasteiger partial charge in [0.2, 0.25) is 0 Å². The van der Waals surface area contributed by atoms with Crippen LogP contribution in [0.1, 0.15) is 27.6 Å². The van der Waals surface area contributed by atoms with Crippen LogP contribution in [0.25, 0.3) is 0 Å². The molecule has 0 saturated carbocycles. The maximum absolute atomic E-state index is 6.50. The summed E-state index contributed by atoms with van der Waals surface area (Å²) < 4.78 is 0. The number of halogens is 2. The number of hydrogen-bond donors (Lipinski definition) is 0. The Kier molecular flexibility index (Phi) is 3.76. The highest BCUT2D eigenvalue weighted by molar-refractivity contribution is 6.30. The molecule has 2 rings (SSSR count). The molecular formula is C15H14Cl2. The van der Waals surface area contributed by atoms with Gasteiger partial charge in [0.25, 0.3) is 0 Å². The van der Waals surface area contributed by atoms with E-state index in [-0.39, 0.29) is 5.38 Å². The Morgan fingerprint density at radius 3 is 2.18 bits per heavy atom. The fourth-order valence-corrected chi connectivity index (χ4v) is 2.44. The molecule has 0 aliphatic carbocycles. The van der Waals surface area contributed by atoms with E-state index in [2.05, 4.69) is 32.0 Å². The van der Waals surface area contributed by atoms with Crippen LogP contribution in [-0.4, -0.2) is 0 Å². The Labute approximate surface area is 112 Å². The second kappa shape index (κ2) is 5.12. The molecule has 0 saturated heterocycles. The number of rotatable bonds is 2. The van der Waals surface area contributed by atoms with Gasteiger partial charge in [0.05, 0.1) is 5.38 Å². The van der Waals surface area contributed by atoms with Gasteiger partial charge in [-0.15, -0.1) is 11.6 Å². The second-order valence-corrected chi connectivity index (χ2v) is 5.15. The standard InChI is InChI=1S/C15H14Cl2/c1-10-3-8-14(11(2)9-10)15(17)12-4-6-13(16)7-5-12/h3-9,15H,1-2H3. The lowest BCUT2D eigenvalue weighted by atomic mass is 9.98. The van der Waals surface area contributed by atoms with Gasteiger partial charge in [0, 0.05) is 5.02 Å². The summed E-state index contributed by atoms with van der Waals surface area (Å²) in [6.45, 7) is 4.18. The zero-order chi connectivity index (χ0) is 12.4. The predicted molar refractivity (Wildman–Crippen MR) is 75.1 cm³/mol. The van der Waals surface area contributed by atoms with Crippen LogP contribution < -0.4 is 0 Å². The van der Waals surface area contributed by atoms with Crippen LogP contribution in [0.4, 0.5) is 0 Å². The molecule has 0 aliphatic rings. The van der Waals surface area contributed by atoms with Crippen molar-refractivity contribution in [2.75, 3.05) is 0 Å². The maximum atomic E-state index is 6.50. The molecule has 0 bridgehead atoms. The first kappa shape index (κ1) is 12.5. The van der Waals surface area contributed by atoms with Gasteiger partial charge in [-0.1, -0.05) is 47.5 Å². The minimum atomic E-state index is -0.118. The SMILES string of the molecule is Cc1ccc(C(Cl)c2ccc(Cl)cc2)c(C)c1. The van der Waals surface area contributed by atoms with Gasteiger partial charge in [-0.2, -0.15) is 0 Å². The molecule has 2 aromatic carbocycles. The van der Waals surface area contributed by atoms with Crippen molar-refractivity contribution in [3.05, 3.63) is 69.7 Å². The minimum absolute atomic E-state index is 0.118. The molecule has 2 aromatic rings. The third kappa shape index (κ3) is 2.83. The zero-order valence-electron chi connectivity index (χ0n) is 9.87. The second-order valence-electron chi connectivity index (χ2n) is 4.27. The summed E-state index contributed by atoms with van der Waals surface area (Å²) >= 11 is 12.4. The highest BCUT2D eigenvalue weighted by Crippen LogP contribution is 2.31. The van der Waals surface area contributed by atoms with Gasteiger partial charge in [-0.05, 0) is 42.7 Å². The van der Waals surface area contributed by atoms with Crippen LogP contribution in [0.5, 0.6) is 0 Å². The van der Waals surface area contributed by atoms with E-state index in [4.69, 9.17) is 23.2 Å². The Bertz CT molecular complexity index is 515. The van der Waals surface area contributed by atoms with Gasteiger partial charge < -0.3 is 0 Å². The molecule has 0 nitrogen and oxygen atoms in total. The van der Waals surface area contributed by atoms with E-state index in [0.29, 0.717) is 0 Å². The molecule has 1 unspecified atom stereocenters. The Hall–Kier alpha value is -0.980. The van der Waals surface area contributed by atoms with E-state index in [9.17, 15) is 0 Å². The Morgan fingerprint density at radius 1 is 0.941 bits per heavy atom. The van der Waals surface area contributed by atoms with E-state index in [1.807, 2.05) is 24.3 Å². The maximum Gasteiger partial charge on any atom is 0.0838 e. The predicted octanol–water partition coefficient (Wildman–Crippen LogP) is 5.29. The van der Waals surface area contributed by atoms with E-state index in [1.165, 1.54) is 11.1 Å². The lowest BCUT2D eigenvalue weighted by Crippen LogP contribution is -1.96. The van der Waals surface area contributed by atoms with Crippen molar-refractivity contribution in [2.24, 2.45) is 0 Å². The monoisotopic (exact) mass is 264 g/mol. The molecular weight excluding hydrogens is 251 g/mol. The molecule has 0 aliphatic heterocycles. The van der Waals surface area contributed by atoms with Crippen molar-refractivity contribution in [1.82, 2.24) is 0 Å². The third-order valence-corrected chi connectivity index (χ3v) is 3.60. The van der Waals surface area contributed by atoms with E-state index < -0.39 is 0 Å². The van der Waals surface area contributed by atoms with Crippen LogP contribution in [0, 0.1) is 13.8 Å². The fraction of sp³-hybridized carbons (Fsp3) is 0.200. The van der Waals surface area contributed by atoms with E-state index >= 15 is 0 Å².